The number of halogens is 5. The van der Waals surface area contributed by atoms with Crippen LogP contribution in [-0.2, 0) is 0 Å². The van der Waals surface area contributed by atoms with E-state index in [0.717, 1.165) is 11.8 Å². The third-order valence-electron chi connectivity index (χ3n) is 2.92. The summed E-state index contributed by atoms with van der Waals surface area (Å²) in [6, 6.07) is 7.71. The summed E-state index contributed by atoms with van der Waals surface area (Å²) < 4.78 is 36.3. The zero-order chi connectivity index (χ0) is 16.8. The van der Waals surface area contributed by atoms with Crippen molar-refractivity contribution < 1.29 is 18.3 Å². The van der Waals surface area contributed by atoms with Gasteiger partial charge in [0.05, 0.1) is 0 Å². The van der Waals surface area contributed by atoms with E-state index < -0.39 is 11.0 Å². The zero-order valence-corrected chi connectivity index (χ0v) is 15.6. The summed E-state index contributed by atoms with van der Waals surface area (Å²) in [6.45, 7) is 0.360. The second kappa shape index (κ2) is 13.4. The van der Waals surface area contributed by atoms with E-state index in [1.54, 1.807) is 18.2 Å². The van der Waals surface area contributed by atoms with Crippen LogP contribution < -0.4 is 0 Å². The van der Waals surface area contributed by atoms with Gasteiger partial charge in [0.2, 0.25) is 0 Å². The van der Waals surface area contributed by atoms with E-state index in [4.69, 9.17) is 5.11 Å². The zero-order valence-electron chi connectivity index (χ0n) is 12.5. The van der Waals surface area contributed by atoms with E-state index in [1.807, 2.05) is 0 Å². The van der Waals surface area contributed by atoms with Crippen molar-refractivity contribution in [3.8, 4) is 0 Å². The quantitative estimate of drug-likeness (QED) is 0.361. The first-order chi connectivity index (χ1) is 10.4. The van der Waals surface area contributed by atoms with Crippen LogP contribution in [0.15, 0.2) is 30.3 Å². The summed E-state index contributed by atoms with van der Waals surface area (Å²) in [5.41, 5.74) is 0.227. The lowest BCUT2D eigenvalue weighted by Gasteiger charge is -2.13. The number of rotatable bonds is 8. The first-order valence-electron chi connectivity index (χ1n) is 7.36. The number of hydrogen-bond acceptors (Lipinski definition) is 1. The molecule has 0 aliphatic carbocycles. The molecule has 0 fully saturated rings. The molecule has 0 spiro atoms. The largest absolute Gasteiger partial charge is 0.405 e. The molecule has 1 N–H and O–H groups in total. The number of aliphatic hydroxyl groups excluding tert-OH is 1. The van der Waals surface area contributed by atoms with Gasteiger partial charge in [-0.15, -0.1) is 0 Å². The molecule has 1 unspecified atom stereocenters. The Bertz CT molecular complexity index is 350. The number of alkyl halides is 5. The van der Waals surface area contributed by atoms with E-state index in [0.29, 0.717) is 6.61 Å². The summed E-state index contributed by atoms with van der Waals surface area (Å²) in [5, 5.41) is 9.59. The van der Waals surface area contributed by atoms with Crippen molar-refractivity contribution >= 4 is 31.9 Å². The lowest BCUT2D eigenvalue weighted by Crippen LogP contribution is -2.14. The predicted octanol–water partition coefficient (Wildman–Crippen LogP) is 6.40. The van der Waals surface area contributed by atoms with Crippen molar-refractivity contribution in [1.82, 2.24) is 0 Å². The van der Waals surface area contributed by atoms with E-state index in [1.165, 1.54) is 44.2 Å². The van der Waals surface area contributed by atoms with Crippen molar-refractivity contribution in [1.29, 1.82) is 0 Å². The van der Waals surface area contributed by atoms with Crippen LogP contribution in [0.5, 0.6) is 0 Å². The van der Waals surface area contributed by atoms with Crippen LogP contribution in [0.4, 0.5) is 13.2 Å². The van der Waals surface area contributed by atoms with Gasteiger partial charge < -0.3 is 5.11 Å². The Morgan fingerprint density at radius 3 is 1.86 bits per heavy atom. The molecule has 1 atom stereocenters. The SMILES string of the molecule is FC(F)(F)C(Br)c1ccccc1.OCCCCCCCCBr. The van der Waals surface area contributed by atoms with Crippen molar-refractivity contribution in [2.45, 2.75) is 49.5 Å². The van der Waals surface area contributed by atoms with Crippen molar-refractivity contribution in [2.75, 3.05) is 11.9 Å². The monoisotopic (exact) mass is 446 g/mol. The average Bonchev–Trinajstić information content (AvgIpc) is 2.51. The Morgan fingerprint density at radius 1 is 0.909 bits per heavy atom. The minimum absolute atomic E-state index is 0.227. The summed E-state index contributed by atoms with van der Waals surface area (Å²) in [6.07, 6.45) is 3.18. The molecule has 1 aromatic carbocycles. The van der Waals surface area contributed by atoms with Crippen LogP contribution in [-0.4, -0.2) is 23.2 Å². The Kier molecular flexibility index (Phi) is 13.3. The van der Waals surface area contributed by atoms with Crippen LogP contribution in [0.3, 0.4) is 0 Å². The van der Waals surface area contributed by atoms with E-state index in [2.05, 4.69) is 31.9 Å². The van der Waals surface area contributed by atoms with Gasteiger partial charge >= 0.3 is 6.18 Å². The second-order valence-corrected chi connectivity index (χ2v) is 6.56. The summed E-state index contributed by atoms with van der Waals surface area (Å²) in [7, 11) is 0. The number of hydrogen-bond donors (Lipinski definition) is 1. The maximum absolute atomic E-state index is 12.1. The van der Waals surface area contributed by atoms with Gasteiger partial charge in [-0.2, -0.15) is 13.2 Å². The fourth-order valence-corrected chi connectivity index (χ4v) is 2.43. The molecule has 1 aromatic rings. The molecule has 0 aliphatic rings. The Labute approximate surface area is 147 Å². The molecule has 1 rings (SSSR count). The van der Waals surface area contributed by atoms with Gasteiger partial charge in [-0.05, 0) is 18.4 Å². The maximum atomic E-state index is 12.1. The fourth-order valence-electron chi connectivity index (χ4n) is 1.72. The smallest absolute Gasteiger partial charge is 0.396 e. The highest BCUT2D eigenvalue weighted by Crippen LogP contribution is 2.39. The van der Waals surface area contributed by atoms with E-state index in [9.17, 15) is 13.2 Å². The first kappa shape index (κ1) is 21.9. The number of unbranched alkanes of at least 4 members (excludes halogenated alkanes) is 5. The molecule has 0 aliphatic heterocycles. The Hall–Kier alpha value is -0.0700. The van der Waals surface area contributed by atoms with Gasteiger partial charge in [0, 0.05) is 11.9 Å². The van der Waals surface area contributed by atoms with Gasteiger partial charge in [-0.1, -0.05) is 87.9 Å². The molecular weight excluding hydrogens is 425 g/mol. The van der Waals surface area contributed by atoms with Crippen LogP contribution in [0, 0.1) is 0 Å². The fraction of sp³-hybridized carbons (Fsp3) is 0.625. The molecule has 0 saturated heterocycles. The molecule has 0 bridgehead atoms. The molecule has 128 valence electrons. The third-order valence-corrected chi connectivity index (χ3v) is 4.53. The first-order valence-corrected chi connectivity index (χ1v) is 9.39. The molecule has 22 heavy (non-hydrogen) atoms. The third kappa shape index (κ3) is 11.5. The van der Waals surface area contributed by atoms with Crippen molar-refractivity contribution in [2.24, 2.45) is 0 Å². The van der Waals surface area contributed by atoms with Crippen molar-refractivity contribution in [3.63, 3.8) is 0 Å². The van der Waals surface area contributed by atoms with Crippen LogP contribution in [0.1, 0.15) is 48.9 Å². The molecule has 0 amide bonds. The number of aliphatic hydroxyl groups is 1. The highest BCUT2D eigenvalue weighted by molar-refractivity contribution is 9.09. The molecule has 0 heterocycles. The highest BCUT2D eigenvalue weighted by atomic mass is 79.9. The maximum Gasteiger partial charge on any atom is 0.405 e. The summed E-state index contributed by atoms with van der Waals surface area (Å²) >= 11 is 5.97. The van der Waals surface area contributed by atoms with Crippen LogP contribution in [0.2, 0.25) is 0 Å². The minimum atomic E-state index is -4.22. The van der Waals surface area contributed by atoms with Gasteiger partial charge in [0.25, 0.3) is 0 Å². The lowest BCUT2D eigenvalue weighted by molar-refractivity contribution is -0.128. The minimum Gasteiger partial charge on any atom is -0.396 e. The molecule has 0 radical (unpaired) electrons. The standard InChI is InChI=1S/C8H6BrF3.C8H17BrO/c9-7(8(10,11)12)6-4-2-1-3-5-6;9-7-5-3-1-2-4-6-8-10/h1-5,7H;10H,1-8H2. The lowest BCUT2D eigenvalue weighted by atomic mass is 10.1. The van der Waals surface area contributed by atoms with Gasteiger partial charge in [-0.3, -0.25) is 0 Å². The Morgan fingerprint density at radius 2 is 1.41 bits per heavy atom. The van der Waals surface area contributed by atoms with Gasteiger partial charge in [-0.25, -0.2) is 0 Å². The molecule has 0 aromatic heterocycles. The van der Waals surface area contributed by atoms with Gasteiger partial charge in [0.15, 0.2) is 0 Å². The summed E-state index contributed by atoms with van der Waals surface area (Å²) in [4.78, 5) is -1.56. The second-order valence-electron chi connectivity index (χ2n) is 4.85. The highest BCUT2D eigenvalue weighted by Gasteiger charge is 2.38. The average molecular weight is 448 g/mol. The van der Waals surface area contributed by atoms with Crippen LogP contribution in [0.25, 0.3) is 0 Å². The normalized spacial score (nSPS) is 12.5. The topological polar surface area (TPSA) is 20.2 Å². The Balaban J connectivity index is 0.000000409. The summed E-state index contributed by atoms with van der Waals surface area (Å²) in [5.74, 6) is 0. The molecule has 6 heteroatoms. The van der Waals surface area contributed by atoms with Crippen LogP contribution >= 0.6 is 31.9 Å². The van der Waals surface area contributed by atoms with E-state index >= 15 is 0 Å². The predicted molar refractivity (Wildman–Crippen MR) is 92.7 cm³/mol. The van der Waals surface area contributed by atoms with E-state index in [-0.39, 0.29) is 5.56 Å². The number of benzene rings is 1. The molecule has 1 nitrogen and oxygen atoms in total. The molecular formula is C16H23Br2F3O. The van der Waals surface area contributed by atoms with Crippen molar-refractivity contribution in [3.05, 3.63) is 35.9 Å². The molecule has 0 saturated carbocycles. The van der Waals surface area contributed by atoms with Gasteiger partial charge in [0.1, 0.15) is 4.83 Å².